The van der Waals surface area contributed by atoms with Crippen LogP contribution in [0, 0.1) is 0 Å². The van der Waals surface area contributed by atoms with E-state index >= 15 is 0 Å². The number of nitrogens with two attached hydrogens (primary N) is 1. The molecule has 2 rings (SSSR count). The molecule has 1 saturated heterocycles. The minimum Gasteiger partial charge on any atom is -0.467 e. The Labute approximate surface area is 136 Å². The van der Waals surface area contributed by atoms with Gasteiger partial charge in [0, 0.05) is 12.6 Å². The van der Waals surface area contributed by atoms with Gasteiger partial charge < -0.3 is 15.2 Å². The summed E-state index contributed by atoms with van der Waals surface area (Å²) in [7, 11) is 1.31. The van der Waals surface area contributed by atoms with Gasteiger partial charge in [-0.05, 0) is 18.4 Å². The van der Waals surface area contributed by atoms with Crippen molar-refractivity contribution in [1.82, 2.24) is 4.90 Å². The molecule has 1 aliphatic heterocycles. The Hall–Kier alpha value is -1.79. The van der Waals surface area contributed by atoms with Crippen molar-refractivity contribution in [2.24, 2.45) is 5.73 Å². The Balaban J connectivity index is 0.00000242. The van der Waals surface area contributed by atoms with E-state index in [0.29, 0.717) is 19.4 Å². The van der Waals surface area contributed by atoms with E-state index in [9.17, 15) is 9.59 Å². The molecule has 6 nitrogen and oxygen atoms in total. The van der Waals surface area contributed by atoms with E-state index in [-0.39, 0.29) is 25.1 Å². The van der Waals surface area contributed by atoms with Crippen molar-refractivity contribution >= 4 is 24.5 Å². The minimum absolute atomic E-state index is 0. The highest BCUT2D eigenvalue weighted by molar-refractivity contribution is 5.85. The zero-order valence-electron chi connectivity index (χ0n) is 12.4. The predicted molar refractivity (Wildman–Crippen MR) is 83.6 cm³/mol. The van der Waals surface area contributed by atoms with Crippen molar-refractivity contribution in [3.05, 3.63) is 35.9 Å². The van der Waals surface area contributed by atoms with Gasteiger partial charge in [-0.25, -0.2) is 9.59 Å². The van der Waals surface area contributed by atoms with Crippen molar-refractivity contribution < 1.29 is 19.1 Å². The van der Waals surface area contributed by atoms with Gasteiger partial charge in [-0.3, -0.25) is 4.90 Å². The van der Waals surface area contributed by atoms with E-state index in [1.807, 2.05) is 30.3 Å². The summed E-state index contributed by atoms with van der Waals surface area (Å²) in [6.07, 6.45) is 0.640. The molecule has 1 aromatic rings. The highest BCUT2D eigenvalue weighted by Gasteiger charge is 2.36. The second-order valence-electron chi connectivity index (χ2n) is 5.07. The number of ether oxygens (including phenoxy) is 2. The van der Waals surface area contributed by atoms with Gasteiger partial charge in [0.25, 0.3) is 0 Å². The third-order valence-corrected chi connectivity index (χ3v) is 3.53. The van der Waals surface area contributed by atoms with E-state index in [1.165, 1.54) is 12.0 Å². The number of nitrogens with zero attached hydrogens (tertiary/aromatic N) is 1. The molecule has 1 aliphatic rings. The molecular formula is C15H21ClN2O4. The van der Waals surface area contributed by atoms with Crippen LogP contribution in [0.2, 0.25) is 0 Å². The lowest BCUT2D eigenvalue weighted by Gasteiger charge is -2.35. The first-order chi connectivity index (χ1) is 10.1. The van der Waals surface area contributed by atoms with Crippen molar-refractivity contribution in [2.75, 3.05) is 13.7 Å². The van der Waals surface area contributed by atoms with Gasteiger partial charge in [-0.1, -0.05) is 30.3 Å². The summed E-state index contributed by atoms with van der Waals surface area (Å²) in [5.74, 6) is -0.432. The summed E-state index contributed by atoms with van der Waals surface area (Å²) >= 11 is 0. The topological polar surface area (TPSA) is 81.9 Å². The van der Waals surface area contributed by atoms with E-state index in [4.69, 9.17) is 15.2 Å². The Bertz CT molecular complexity index is 498. The van der Waals surface area contributed by atoms with Gasteiger partial charge in [-0.2, -0.15) is 0 Å². The van der Waals surface area contributed by atoms with Crippen LogP contribution in [0.3, 0.4) is 0 Å². The first kappa shape index (κ1) is 18.3. The van der Waals surface area contributed by atoms with Gasteiger partial charge in [0.1, 0.15) is 12.6 Å². The number of halogens is 1. The Morgan fingerprint density at radius 2 is 1.95 bits per heavy atom. The summed E-state index contributed by atoms with van der Waals surface area (Å²) in [4.78, 5) is 25.3. The molecule has 1 fully saturated rings. The molecule has 0 bridgehead atoms. The van der Waals surface area contributed by atoms with Gasteiger partial charge in [-0.15, -0.1) is 12.4 Å². The summed E-state index contributed by atoms with van der Waals surface area (Å²) in [6.45, 7) is 0.465. The molecule has 0 aromatic heterocycles. The molecule has 0 saturated carbocycles. The van der Waals surface area contributed by atoms with Crippen molar-refractivity contribution in [3.63, 3.8) is 0 Å². The average Bonchev–Trinajstić information content (AvgIpc) is 2.52. The van der Waals surface area contributed by atoms with Gasteiger partial charge in [0.15, 0.2) is 0 Å². The Morgan fingerprint density at radius 1 is 1.27 bits per heavy atom. The van der Waals surface area contributed by atoms with Crippen LogP contribution in [0.25, 0.3) is 0 Å². The highest BCUT2D eigenvalue weighted by atomic mass is 35.5. The molecule has 1 amide bonds. The smallest absolute Gasteiger partial charge is 0.410 e. The zero-order valence-corrected chi connectivity index (χ0v) is 13.3. The number of carbonyl (C=O) groups excluding carboxylic acids is 2. The van der Waals surface area contributed by atoms with Crippen molar-refractivity contribution in [3.8, 4) is 0 Å². The van der Waals surface area contributed by atoms with Gasteiger partial charge >= 0.3 is 12.1 Å². The normalized spacial score (nSPS) is 20.7. The molecule has 1 aromatic carbocycles. The summed E-state index contributed by atoms with van der Waals surface area (Å²) in [5, 5.41) is 0. The number of piperidine rings is 1. The minimum atomic E-state index is -0.613. The molecule has 7 heteroatoms. The van der Waals surface area contributed by atoms with Crippen molar-refractivity contribution in [2.45, 2.75) is 31.5 Å². The summed E-state index contributed by atoms with van der Waals surface area (Å²) in [5.41, 5.74) is 6.76. The number of esters is 1. The number of rotatable bonds is 3. The SMILES string of the molecule is COC(=O)[C@H]1CC[C@@H](N)CN1C(=O)OCc1ccccc1.Cl. The zero-order chi connectivity index (χ0) is 15.2. The van der Waals surface area contributed by atoms with Crippen LogP contribution >= 0.6 is 12.4 Å². The quantitative estimate of drug-likeness (QED) is 0.854. The molecular weight excluding hydrogens is 308 g/mol. The molecule has 0 aliphatic carbocycles. The molecule has 2 N–H and O–H groups in total. The van der Waals surface area contributed by atoms with E-state index in [2.05, 4.69) is 0 Å². The van der Waals surface area contributed by atoms with Gasteiger partial charge in [0.2, 0.25) is 0 Å². The fraction of sp³-hybridized carbons (Fsp3) is 0.467. The number of hydrogen-bond donors (Lipinski definition) is 1. The van der Waals surface area contributed by atoms with Crippen LogP contribution in [-0.2, 0) is 20.9 Å². The molecule has 0 spiro atoms. The largest absolute Gasteiger partial charge is 0.467 e. The molecule has 122 valence electrons. The van der Waals surface area contributed by atoms with Crippen LogP contribution in [0.4, 0.5) is 4.79 Å². The van der Waals surface area contributed by atoms with Crippen molar-refractivity contribution in [1.29, 1.82) is 0 Å². The predicted octanol–water partition coefficient (Wildman–Crippen LogP) is 1.71. The first-order valence-corrected chi connectivity index (χ1v) is 6.92. The maximum atomic E-state index is 12.2. The number of methoxy groups -OCH3 is 1. The van der Waals surface area contributed by atoms with E-state index in [1.54, 1.807) is 0 Å². The number of amides is 1. The number of likely N-dealkylation sites (tertiary alicyclic amines) is 1. The maximum Gasteiger partial charge on any atom is 0.410 e. The Kier molecular flexibility index (Phi) is 7.14. The highest BCUT2D eigenvalue weighted by Crippen LogP contribution is 2.19. The average molecular weight is 329 g/mol. The Morgan fingerprint density at radius 3 is 2.59 bits per heavy atom. The molecule has 0 unspecified atom stereocenters. The lowest BCUT2D eigenvalue weighted by atomic mass is 9.99. The van der Waals surface area contributed by atoms with E-state index in [0.717, 1.165) is 5.56 Å². The number of benzene rings is 1. The molecule has 1 heterocycles. The summed E-state index contributed by atoms with van der Waals surface area (Å²) in [6, 6.07) is 8.62. The fourth-order valence-electron chi connectivity index (χ4n) is 2.38. The maximum absolute atomic E-state index is 12.2. The second-order valence-corrected chi connectivity index (χ2v) is 5.07. The van der Waals surface area contributed by atoms with Crippen LogP contribution < -0.4 is 5.73 Å². The standard InChI is InChI=1S/C15H20N2O4.ClH/c1-20-14(18)13-8-7-12(16)9-17(13)15(19)21-10-11-5-3-2-4-6-11;/h2-6,12-13H,7-10,16H2,1H3;1H/t12-,13-;/m1./s1. The van der Waals surface area contributed by atoms with Crippen LogP contribution in [0.5, 0.6) is 0 Å². The lowest BCUT2D eigenvalue weighted by molar-refractivity contribution is -0.147. The fourth-order valence-corrected chi connectivity index (χ4v) is 2.38. The second kappa shape index (κ2) is 8.60. The lowest BCUT2D eigenvalue weighted by Crippen LogP contribution is -2.54. The van der Waals surface area contributed by atoms with Gasteiger partial charge in [0.05, 0.1) is 7.11 Å². The molecule has 0 radical (unpaired) electrons. The third-order valence-electron chi connectivity index (χ3n) is 3.53. The van der Waals surface area contributed by atoms with Crippen LogP contribution in [0.1, 0.15) is 18.4 Å². The molecule has 2 atom stereocenters. The third kappa shape index (κ3) is 4.61. The number of hydrogen-bond acceptors (Lipinski definition) is 5. The number of carbonyl (C=O) groups is 2. The first-order valence-electron chi connectivity index (χ1n) is 6.92. The van der Waals surface area contributed by atoms with Crippen LogP contribution in [-0.4, -0.2) is 42.7 Å². The summed E-state index contributed by atoms with van der Waals surface area (Å²) < 4.78 is 10.0. The monoisotopic (exact) mass is 328 g/mol. The van der Waals surface area contributed by atoms with E-state index < -0.39 is 18.1 Å². The molecule has 22 heavy (non-hydrogen) atoms. The van der Waals surface area contributed by atoms with Crippen LogP contribution in [0.15, 0.2) is 30.3 Å².